The summed E-state index contributed by atoms with van der Waals surface area (Å²) in [5.74, 6) is -1.48. The molecular formula is C18H18FNO3. The third kappa shape index (κ3) is 2.67. The van der Waals surface area contributed by atoms with E-state index in [1.807, 2.05) is 0 Å². The Kier molecular flexibility index (Phi) is 4.03. The molecule has 120 valence electrons. The molecule has 0 aromatic heterocycles. The first-order valence-electron chi connectivity index (χ1n) is 7.60. The maximum Gasteiger partial charge on any atom is 0.336 e. The third-order valence-corrected chi connectivity index (χ3v) is 4.36. The minimum Gasteiger partial charge on any atom is -0.466 e. The number of ketones is 1. The van der Waals surface area contributed by atoms with Crippen LogP contribution in [0, 0.1) is 5.82 Å². The van der Waals surface area contributed by atoms with E-state index < -0.39 is 17.7 Å². The number of dihydropyridines is 1. The van der Waals surface area contributed by atoms with Gasteiger partial charge in [-0.2, -0.15) is 0 Å². The number of methoxy groups -OCH3 is 1. The second kappa shape index (κ2) is 5.99. The fourth-order valence-corrected chi connectivity index (χ4v) is 3.38. The first-order chi connectivity index (χ1) is 11.0. The number of hydrogen-bond donors (Lipinski definition) is 1. The maximum absolute atomic E-state index is 13.7. The van der Waals surface area contributed by atoms with Crippen molar-refractivity contribution in [2.75, 3.05) is 7.11 Å². The van der Waals surface area contributed by atoms with Gasteiger partial charge in [0.1, 0.15) is 5.82 Å². The highest BCUT2D eigenvalue weighted by Crippen LogP contribution is 2.42. The van der Waals surface area contributed by atoms with Gasteiger partial charge in [0.15, 0.2) is 5.78 Å². The lowest BCUT2D eigenvalue weighted by molar-refractivity contribution is -0.136. The maximum atomic E-state index is 13.7. The fourth-order valence-electron chi connectivity index (χ4n) is 3.38. The molecule has 1 aliphatic carbocycles. The average molecular weight is 315 g/mol. The molecule has 23 heavy (non-hydrogen) atoms. The topological polar surface area (TPSA) is 55.4 Å². The number of hydrogen-bond acceptors (Lipinski definition) is 4. The van der Waals surface area contributed by atoms with Crippen molar-refractivity contribution in [3.63, 3.8) is 0 Å². The van der Waals surface area contributed by atoms with Crippen LogP contribution in [-0.2, 0) is 14.3 Å². The van der Waals surface area contributed by atoms with E-state index in [1.54, 1.807) is 19.1 Å². The molecule has 1 aromatic carbocycles. The molecule has 0 spiro atoms. The lowest BCUT2D eigenvalue weighted by Crippen LogP contribution is -2.34. The molecule has 0 fully saturated rings. The van der Waals surface area contributed by atoms with Crippen LogP contribution in [0.4, 0.5) is 4.39 Å². The van der Waals surface area contributed by atoms with Gasteiger partial charge in [-0.25, -0.2) is 9.18 Å². The first kappa shape index (κ1) is 15.5. The molecule has 1 heterocycles. The lowest BCUT2D eigenvalue weighted by Gasteiger charge is -2.34. The summed E-state index contributed by atoms with van der Waals surface area (Å²) in [4.78, 5) is 24.8. The van der Waals surface area contributed by atoms with Crippen LogP contribution in [0.5, 0.6) is 0 Å². The van der Waals surface area contributed by atoms with Gasteiger partial charge in [0, 0.05) is 29.3 Å². The molecule has 1 N–H and O–H groups in total. The second-order valence-electron chi connectivity index (χ2n) is 5.81. The van der Waals surface area contributed by atoms with Crippen molar-refractivity contribution in [3.8, 4) is 0 Å². The molecule has 0 amide bonds. The molecule has 1 unspecified atom stereocenters. The van der Waals surface area contributed by atoms with Crippen molar-refractivity contribution in [2.45, 2.75) is 32.1 Å². The lowest BCUT2D eigenvalue weighted by atomic mass is 9.75. The van der Waals surface area contributed by atoms with Crippen LogP contribution >= 0.6 is 0 Å². The summed E-state index contributed by atoms with van der Waals surface area (Å²) in [6, 6.07) is 6.04. The zero-order chi connectivity index (χ0) is 16.6. The normalized spacial score (nSPS) is 21.0. The van der Waals surface area contributed by atoms with Gasteiger partial charge in [-0.1, -0.05) is 12.1 Å². The largest absolute Gasteiger partial charge is 0.466 e. The van der Waals surface area contributed by atoms with Crippen molar-refractivity contribution in [1.29, 1.82) is 0 Å². The number of ether oxygens (including phenoxy) is 1. The summed E-state index contributed by atoms with van der Waals surface area (Å²) < 4.78 is 18.6. The molecule has 0 bridgehead atoms. The Labute approximate surface area is 134 Å². The summed E-state index contributed by atoms with van der Waals surface area (Å²) in [5.41, 5.74) is 3.01. The summed E-state index contributed by atoms with van der Waals surface area (Å²) >= 11 is 0. The molecule has 1 aliphatic heterocycles. The van der Waals surface area contributed by atoms with Gasteiger partial charge < -0.3 is 10.1 Å². The Morgan fingerprint density at radius 3 is 2.83 bits per heavy atom. The smallest absolute Gasteiger partial charge is 0.336 e. The van der Waals surface area contributed by atoms with Gasteiger partial charge in [-0.3, -0.25) is 4.79 Å². The molecule has 0 radical (unpaired) electrons. The van der Waals surface area contributed by atoms with Crippen LogP contribution in [0.15, 0.2) is 46.8 Å². The van der Waals surface area contributed by atoms with Gasteiger partial charge >= 0.3 is 5.97 Å². The van der Waals surface area contributed by atoms with E-state index in [4.69, 9.17) is 4.74 Å². The predicted octanol–water partition coefficient (Wildman–Crippen LogP) is 2.97. The van der Waals surface area contributed by atoms with Crippen molar-refractivity contribution in [3.05, 3.63) is 58.2 Å². The number of carbonyl (C=O) groups excluding carboxylic acids is 2. The Bertz CT molecular complexity index is 748. The van der Waals surface area contributed by atoms with Gasteiger partial charge in [0.05, 0.1) is 12.7 Å². The van der Waals surface area contributed by atoms with Gasteiger partial charge in [0.25, 0.3) is 0 Å². The van der Waals surface area contributed by atoms with Gasteiger partial charge in [0.2, 0.25) is 0 Å². The number of nitrogens with one attached hydrogen (secondary N) is 1. The SMILES string of the molecule is COC(=O)C1=C(C)NC2=C(C(=O)CCC2)C1c1cccc(F)c1. The number of rotatable bonds is 2. The Morgan fingerprint density at radius 1 is 1.35 bits per heavy atom. The molecule has 3 rings (SSSR count). The zero-order valence-corrected chi connectivity index (χ0v) is 13.1. The Balaban J connectivity index is 2.20. The van der Waals surface area contributed by atoms with Gasteiger partial charge in [-0.05, 0) is 37.5 Å². The van der Waals surface area contributed by atoms with Crippen LogP contribution in [0.1, 0.15) is 37.7 Å². The average Bonchev–Trinajstić information content (AvgIpc) is 2.53. The summed E-state index contributed by atoms with van der Waals surface area (Å²) in [6.45, 7) is 1.78. The fraction of sp³-hybridized carbons (Fsp3) is 0.333. The number of esters is 1. The molecule has 5 heteroatoms. The summed E-state index contributed by atoms with van der Waals surface area (Å²) in [6.07, 6.45) is 1.97. The van der Waals surface area contributed by atoms with Crippen molar-refractivity contribution in [2.24, 2.45) is 0 Å². The van der Waals surface area contributed by atoms with E-state index in [9.17, 15) is 14.0 Å². The van der Waals surface area contributed by atoms with E-state index in [-0.39, 0.29) is 5.78 Å². The Hall–Kier alpha value is -2.43. The van der Waals surface area contributed by atoms with Gasteiger partial charge in [-0.15, -0.1) is 0 Å². The molecule has 0 saturated heterocycles. The van der Waals surface area contributed by atoms with E-state index in [0.29, 0.717) is 28.8 Å². The monoisotopic (exact) mass is 315 g/mol. The van der Waals surface area contributed by atoms with E-state index >= 15 is 0 Å². The number of carbonyl (C=O) groups is 2. The molecular weight excluding hydrogens is 297 g/mol. The highest BCUT2D eigenvalue weighted by molar-refractivity contribution is 6.03. The van der Waals surface area contributed by atoms with Crippen LogP contribution in [0.2, 0.25) is 0 Å². The predicted molar refractivity (Wildman–Crippen MR) is 82.9 cm³/mol. The number of allylic oxidation sites excluding steroid dienone is 3. The highest BCUT2D eigenvalue weighted by atomic mass is 19.1. The standard InChI is InChI=1S/C18H18FNO3/c1-10-15(18(22)23-2)16(11-5-3-6-12(19)9-11)17-13(20-10)7-4-8-14(17)21/h3,5-6,9,16,20H,4,7-8H2,1-2H3. The van der Waals surface area contributed by atoms with Crippen molar-refractivity contribution >= 4 is 11.8 Å². The molecule has 1 atom stereocenters. The van der Waals surface area contributed by atoms with Crippen LogP contribution in [0.3, 0.4) is 0 Å². The van der Waals surface area contributed by atoms with Crippen LogP contribution < -0.4 is 5.32 Å². The molecule has 1 aromatic rings. The number of Topliss-reactive ketones (excluding diaryl/α,β-unsaturated/α-hetero) is 1. The number of halogens is 1. The second-order valence-corrected chi connectivity index (χ2v) is 5.81. The van der Waals surface area contributed by atoms with Crippen LogP contribution in [0.25, 0.3) is 0 Å². The highest BCUT2D eigenvalue weighted by Gasteiger charge is 2.38. The first-order valence-corrected chi connectivity index (χ1v) is 7.60. The minimum absolute atomic E-state index is 0.00177. The quantitative estimate of drug-likeness (QED) is 0.853. The zero-order valence-electron chi connectivity index (χ0n) is 13.1. The van der Waals surface area contributed by atoms with Crippen molar-refractivity contribution in [1.82, 2.24) is 5.32 Å². The minimum atomic E-state index is -0.581. The Morgan fingerprint density at radius 2 is 2.13 bits per heavy atom. The number of benzene rings is 1. The summed E-state index contributed by atoms with van der Waals surface area (Å²) in [7, 11) is 1.30. The third-order valence-electron chi connectivity index (χ3n) is 4.36. The summed E-state index contributed by atoms with van der Waals surface area (Å²) in [5, 5.41) is 3.17. The van der Waals surface area contributed by atoms with E-state index in [1.165, 1.54) is 19.2 Å². The molecule has 0 saturated carbocycles. The molecule has 2 aliphatic rings. The van der Waals surface area contributed by atoms with Crippen molar-refractivity contribution < 1.29 is 18.7 Å². The van der Waals surface area contributed by atoms with Crippen LogP contribution in [-0.4, -0.2) is 18.9 Å². The van der Waals surface area contributed by atoms with E-state index in [0.717, 1.165) is 18.5 Å². The molecule has 4 nitrogen and oxygen atoms in total. The van der Waals surface area contributed by atoms with E-state index in [2.05, 4.69) is 5.32 Å².